The number of ketones is 1. The summed E-state index contributed by atoms with van der Waals surface area (Å²) in [7, 11) is -4.47. The van der Waals surface area contributed by atoms with Gasteiger partial charge in [-0.15, -0.1) is 0 Å². The molecule has 0 saturated heterocycles. The van der Waals surface area contributed by atoms with Crippen LogP contribution >= 0.6 is 7.60 Å². The lowest BCUT2D eigenvalue weighted by atomic mass is 9.87. The van der Waals surface area contributed by atoms with Crippen LogP contribution in [-0.4, -0.2) is 38.3 Å². The van der Waals surface area contributed by atoms with E-state index in [1.807, 2.05) is 42.5 Å². The van der Waals surface area contributed by atoms with Crippen molar-refractivity contribution in [3.63, 3.8) is 0 Å². The van der Waals surface area contributed by atoms with Crippen LogP contribution in [0.4, 0.5) is 0 Å². The number of benzene rings is 2. The Labute approximate surface area is 163 Å². The summed E-state index contributed by atoms with van der Waals surface area (Å²) in [6.07, 6.45) is -1.06. The van der Waals surface area contributed by atoms with Gasteiger partial charge in [-0.05, 0) is 30.0 Å². The zero-order valence-corrected chi connectivity index (χ0v) is 16.4. The van der Waals surface area contributed by atoms with E-state index >= 15 is 0 Å². The molecule has 0 aromatic heterocycles. The maximum atomic E-state index is 12.5. The quantitative estimate of drug-likeness (QED) is 0.470. The first-order valence-electron chi connectivity index (χ1n) is 8.72. The van der Waals surface area contributed by atoms with E-state index in [0.29, 0.717) is 0 Å². The van der Waals surface area contributed by atoms with Gasteiger partial charge in [0.1, 0.15) is 11.3 Å². The van der Waals surface area contributed by atoms with Crippen LogP contribution < -0.4 is 5.73 Å². The number of nitrogens with two attached hydrogens (primary N) is 1. The maximum Gasteiger partial charge on any atom is 0.326 e. The summed E-state index contributed by atoms with van der Waals surface area (Å²) in [4.78, 5) is 42.4. The molecule has 0 saturated carbocycles. The second-order valence-electron chi connectivity index (χ2n) is 7.18. The topological polar surface area (TPSA) is 138 Å². The van der Waals surface area contributed by atoms with Gasteiger partial charge in [-0.3, -0.25) is 14.2 Å². The summed E-state index contributed by atoms with van der Waals surface area (Å²) in [6.45, 7) is 1.20. The van der Waals surface area contributed by atoms with E-state index in [2.05, 4.69) is 0 Å². The summed E-state index contributed by atoms with van der Waals surface area (Å²) >= 11 is 0. The third kappa shape index (κ3) is 6.39. The number of rotatable bonds is 9. The van der Waals surface area contributed by atoms with E-state index in [1.165, 1.54) is 6.92 Å². The minimum absolute atomic E-state index is 0.0920. The number of carboxylic acid groups (broad SMARTS) is 1. The molecule has 2 aromatic rings. The Bertz CT molecular complexity index is 873. The number of hydrogen-bond acceptors (Lipinski definition) is 4. The van der Waals surface area contributed by atoms with E-state index in [9.17, 15) is 23.9 Å². The molecule has 0 aliphatic carbocycles. The van der Waals surface area contributed by atoms with Crippen molar-refractivity contribution in [1.29, 1.82) is 0 Å². The maximum absolute atomic E-state index is 12.5. The van der Waals surface area contributed by atoms with E-state index in [1.54, 1.807) is 12.1 Å². The summed E-state index contributed by atoms with van der Waals surface area (Å²) in [6, 6.07) is 17.0. The highest BCUT2D eigenvalue weighted by Crippen LogP contribution is 2.38. The Morgan fingerprint density at radius 2 is 1.57 bits per heavy atom. The second-order valence-corrected chi connectivity index (χ2v) is 8.87. The number of carbonyl (C=O) groups excluding carboxylic acids is 1. The third-order valence-corrected chi connectivity index (χ3v) is 5.40. The number of carbonyl (C=O) groups is 2. The minimum atomic E-state index is -4.47. The molecule has 150 valence electrons. The smallest absolute Gasteiger partial charge is 0.326 e. The number of carboxylic acids is 1. The van der Waals surface area contributed by atoms with E-state index in [4.69, 9.17) is 10.8 Å². The molecule has 8 heteroatoms. The summed E-state index contributed by atoms with van der Waals surface area (Å²) in [5.74, 6) is -2.95. The van der Waals surface area contributed by atoms with Crippen LogP contribution in [0.1, 0.15) is 18.9 Å². The van der Waals surface area contributed by atoms with Gasteiger partial charge in [0.15, 0.2) is 0 Å². The fourth-order valence-corrected chi connectivity index (χ4v) is 3.80. The monoisotopic (exact) mass is 405 g/mol. The van der Waals surface area contributed by atoms with Crippen molar-refractivity contribution in [2.24, 2.45) is 11.7 Å². The van der Waals surface area contributed by atoms with Gasteiger partial charge in [-0.25, -0.2) is 0 Å². The van der Waals surface area contributed by atoms with Crippen LogP contribution in [0.5, 0.6) is 0 Å². The summed E-state index contributed by atoms with van der Waals surface area (Å²) in [5.41, 5.74) is 6.56. The van der Waals surface area contributed by atoms with Crippen LogP contribution in [0.15, 0.2) is 54.6 Å². The van der Waals surface area contributed by atoms with Crippen LogP contribution in [0.25, 0.3) is 11.1 Å². The molecule has 0 heterocycles. The Hall–Kier alpha value is -2.31. The molecule has 2 unspecified atom stereocenters. The molecule has 0 radical (unpaired) electrons. The van der Waals surface area contributed by atoms with Crippen molar-refractivity contribution >= 4 is 19.3 Å². The van der Waals surface area contributed by atoms with Crippen molar-refractivity contribution in [1.82, 2.24) is 0 Å². The number of hydrogen-bond donors (Lipinski definition) is 4. The van der Waals surface area contributed by atoms with Crippen LogP contribution in [0, 0.1) is 5.92 Å². The molecule has 0 aliphatic rings. The van der Waals surface area contributed by atoms with Crippen molar-refractivity contribution in [2.45, 2.75) is 25.3 Å². The zero-order valence-electron chi connectivity index (χ0n) is 15.5. The van der Waals surface area contributed by atoms with Crippen molar-refractivity contribution < 1.29 is 29.0 Å². The third-order valence-electron chi connectivity index (χ3n) is 4.49. The molecule has 2 atom stereocenters. The zero-order chi connectivity index (χ0) is 20.9. The second kappa shape index (κ2) is 8.80. The van der Waals surface area contributed by atoms with Gasteiger partial charge in [0.25, 0.3) is 0 Å². The summed E-state index contributed by atoms with van der Waals surface area (Å²) < 4.78 is 11.5. The van der Waals surface area contributed by atoms with Crippen molar-refractivity contribution in [3.8, 4) is 11.1 Å². The van der Waals surface area contributed by atoms with Gasteiger partial charge in [0, 0.05) is 12.3 Å². The highest BCUT2D eigenvalue weighted by molar-refractivity contribution is 7.51. The molecule has 2 rings (SSSR count). The Morgan fingerprint density at radius 1 is 1.04 bits per heavy atom. The number of Topliss-reactive ketones (excluding diaryl/α,β-unsaturated/α-hetero) is 1. The average Bonchev–Trinajstić information content (AvgIpc) is 2.61. The van der Waals surface area contributed by atoms with Crippen molar-refractivity contribution in [3.05, 3.63) is 60.2 Å². The van der Waals surface area contributed by atoms with Crippen LogP contribution in [-0.2, 0) is 20.6 Å². The molecule has 5 N–H and O–H groups in total. The molecule has 28 heavy (non-hydrogen) atoms. The molecular weight excluding hydrogens is 381 g/mol. The molecular formula is C20H24NO6P. The molecule has 7 nitrogen and oxygen atoms in total. The fraction of sp³-hybridized carbons (Fsp3) is 0.300. The fourth-order valence-electron chi connectivity index (χ4n) is 2.90. The van der Waals surface area contributed by atoms with Gasteiger partial charge in [0.2, 0.25) is 0 Å². The van der Waals surface area contributed by atoms with Gasteiger partial charge in [-0.1, -0.05) is 54.6 Å². The SMILES string of the molecule is CC(N)(CC(=O)C(Cc1ccc(-c2ccccc2)cc1)CP(=O)(O)O)C(=O)O. The van der Waals surface area contributed by atoms with Crippen LogP contribution in [0.3, 0.4) is 0 Å². The standard InChI is InChI=1S/C20H24NO6P/c1-20(21,19(23)24)12-18(22)17(13-28(25,26)27)11-14-7-9-16(10-8-14)15-5-3-2-4-6-15/h2-10,17H,11-13,21H2,1H3,(H,23,24)(H2,25,26,27). The molecule has 2 aromatic carbocycles. The van der Waals surface area contributed by atoms with Gasteiger partial charge >= 0.3 is 13.6 Å². The molecule has 0 amide bonds. The minimum Gasteiger partial charge on any atom is -0.480 e. The average molecular weight is 405 g/mol. The Balaban J connectivity index is 2.19. The Kier molecular flexibility index (Phi) is 6.91. The molecule has 0 aliphatic heterocycles. The summed E-state index contributed by atoms with van der Waals surface area (Å²) in [5, 5.41) is 9.10. The predicted molar refractivity (Wildman–Crippen MR) is 106 cm³/mol. The number of aliphatic carboxylic acids is 1. The normalized spacial score (nSPS) is 14.9. The molecule has 0 bridgehead atoms. The molecule has 0 spiro atoms. The van der Waals surface area contributed by atoms with Gasteiger partial charge in [-0.2, -0.15) is 0 Å². The first kappa shape index (κ1) is 22.0. The molecule has 0 fully saturated rings. The largest absolute Gasteiger partial charge is 0.480 e. The predicted octanol–water partition coefficient (Wildman–Crippen LogP) is 2.45. The highest BCUT2D eigenvalue weighted by Gasteiger charge is 2.35. The van der Waals surface area contributed by atoms with Gasteiger partial charge in [0.05, 0.1) is 6.16 Å². The van der Waals surface area contributed by atoms with Crippen LogP contribution in [0.2, 0.25) is 0 Å². The van der Waals surface area contributed by atoms with E-state index in [-0.39, 0.29) is 6.42 Å². The van der Waals surface area contributed by atoms with Gasteiger partial charge < -0.3 is 20.6 Å². The lowest BCUT2D eigenvalue weighted by Gasteiger charge is -2.23. The first-order valence-corrected chi connectivity index (χ1v) is 10.5. The Morgan fingerprint density at radius 3 is 2.07 bits per heavy atom. The van der Waals surface area contributed by atoms with Crippen molar-refractivity contribution in [2.75, 3.05) is 6.16 Å². The highest BCUT2D eigenvalue weighted by atomic mass is 31.2. The lowest BCUT2D eigenvalue weighted by molar-refractivity contribution is -0.145. The van der Waals surface area contributed by atoms with E-state index in [0.717, 1.165) is 16.7 Å². The van der Waals surface area contributed by atoms with E-state index < -0.39 is 43.4 Å². The first-order chi connectivity index (χ1) is 13.0. The lowest BCUT2D eigenvalue weighted by Crippen LogP contribution is -2.47.